The van der Waals surface area contributed by atoms with Crippen LogP contribution in [0.15, 0.2) is 29.3 Å². The molecule has 0 amide bonds. The molecule has 0 aliphatic carbocycles. The lowest BCUT2D eigenvalue weighted by Gasteiger charge is -2.27. The van der Waals surface area contributed by atoms with E-state index >= 15 is 0 Å². The predicted octanol–water partition coefficient (Wildman–Crippen LogP) is 3.19. The molecular formula is C15H24ClN3. The van der Waals surface area contributed by atoms with Gasteiger partial charge in [0.1, 0.15) is 0 Å². The number of rotatable bonds is 4. The zero-order valence-electron chi connectivity index (χ0n) is 12.4. The number of guanidine groups is 1. The average Bonchev–Trinajstić information content (AvgIpc) is 2.34. The Labute approximate surface area is 121 Å². The highest BCUT2D eigenvalue weighted by Gasteiger charge is 2.20. The third-order valence-corrected chi connectivity index (χ3v) is 3.22. The van der Waals surface area contributed by atoms with Crippen molar-refractivity contribution in [3.05, 3.63) is 34.9 Å². The van der Waals surface area contributed by atoms with Gasteiger partial charge in [-0.1, -0.05) is 37.6 Å². The Kier molecular flexibility index (Phi) is 5.67. The zero-order valence-corrected chi connectivity index (χ0v) is 13.2. The largest absolute Gasteiger partial charge is 0.356 e. The molecule has 106 valence electrons. The SMILES string of the molecule is CN=C(NCC(C)(C)c1ccc(Cl)cc1)NC(C)C. The number of hydrogen-bond donors (Lipinski definition) is 2. The Hall–Kier alpha value is -1.22. The second-order valence-electron chi connectivity index (χ2n) is 5.62. The minimum atomic E-state index is 0.0131. The van der Waals surface area contributed by atoms with Gasteiger partial charge < -0.3 is 10.6 Å². The van der Waals surface area contributed by atoms with Gasteiger partial charge in [-0.15, -0.1) is 0 Å². The molecule has 0 bridgehead atoms. The van der Waals surface area contributed by atoms with Crippen LogP contribution in [0.4, 0.5) is 0 Å². The van der Waals surface area contributed by atoms with Gasteiger partial charge >= 0.3 is 0 Å². The molecule has 19 heavy (non-hydrogen) atoms. The molecule has 0 saturated carbocycles. The van der Waals surface area contributed by atoms with Gasteiger partial charge in [-0.25, -0.2) is 0 Å². The molecule has 1 aromatic rings. The Balaban J connectivity index is 2.66. The molecule has 1 rings (SSSR count). The van der Waals surface area contributed by atoms with Crippen LogP contribution in [0.25, 0.3) is 0 Å². The zero-order chi connectivity index (χ0) is 14.5. The molecule has 0 spiro atoms. The molecule has 0 aliphatic heterocycles. The molecule has 3 nitrogen and oxygen atoms in total. The van der Waals surface area contributed by atoms with Crippen molar-refractivity contribution in [2.24, 2.45) is 4.99 Å². The Morgan fingerprint density at radius 2 is 1.84 bits per heavy atom. The minimum absolute atomic E-state index is 0.0131. The normalized spacial score (nSPS) is 12.7. The van der Waals surface area contributed by atoms with Gasteiger partial charge in [-0.3, -0.25) is 4.99 Å². The van der Waals surface area contributed by atoms with Crippen LogP contribution in [-0.4, -0.2) is 25.6 Å². The highest BCUT2D eigenvalue weighted by atomic mass is 35.5. The summed E-state index contributed by atoms with van der Waals surface area (Å²) in [5, 5.41) is 7.41. The van der Waals surface area contributed by atoms with Crippen molar-refractivity contribution in [3.63, 3.8) is 0 Å². The van der Waals surface area contributed by atoms with Crippen molar-refractivity contribution in [1.29, 1.82) is 0 Å². The van der Waals surface area contributed by atoms with Crippen molar-refractivity contribution in [3.8, 4) is 0 Å². The van der Waals surface area contributed by atoms with E-state index in [4.69, 9.17) is 11.6 Å². The summed E-state index contributed by atoms with van der Waals surface area (Å²) in [5.74, 6) is 0.831. The molecule has 0 radical (unpaired) electrons. The lowest BCUT2D eigenvalue weighted by Crippen LogP contribution is -2.45. The first-order valence-electron chi connectivity index (χ1n) is 6.58. The van der Waals surface area contributed by atoms with Crippen molar-refractivity contribution >= 4 is 17.6 Å². The molecule has 2 N–H and O–H groups in total. The second kappa shape index (κ2) is 6.80. The molecule has 0 unspecified atom stereocenters. The molecule has 4 heteroatoms. The van der Waals surface area contributed by atoms with E-state index in [2.05, 4.69) is 55.5 Å². The summed E-state index contributed by atoms with van der Waals surface area (Å²) in [4.78, 5) is 4.21. The van der Waals surface area contributed by atoms with Crippen LogP contribution in [0.1, 0.15) is 33.3 Å². The highest BCUT2D eigenvalue weighted by Crippen LogP contribution is 2.23. The molecule has 0 fully saturated rings. The van der Waals surface area contributed by atoms with Crippen LogP contribution >= 0.6 is 11.6 Å². The van der Waals surface area contributed by atoms with Crippen molar-refractivity contribution in [2.75, 3.05) is 13.6 Å². The molecular weight excluding hydrogens is 258 g/mol. The maximum atomic E-state index is 5.92. The molecule has 1 aromatic carbocycles. The summed E-state index contributed by atoms with van der Waals surface area (Å²) in [6.07, 6.45) is 0. The van der Waals surface area contributed by atoms with Crippen LogP contribution in [0.3, 0.4) is 0 Å². The summed E-state index contributed by atoms with van der Waals surface area (Å²) >= 11 is 5.92. The van der Waals surface area contributed by atoms with Gasteiger partial charge in [0.15, 0.2) is 5.96 Å². The first-order valence-corrected chi connectivity index (χ1v) is 6.96. The Morgan fingerprint density at radius 1 is 1.26 bits per heavy atom. The minimum Gasteiger partial charge on any atom is -0.356 e. The van der Waals surface area contributed by atoms with Crippen molar-refractivity contribution < 1.29 is 0 Å². The predicted molar refractivity (Wildman–Crippen MR) is 84.1 cm³/mol. The summed E-state index contributed by atoms with van der Waals surface area (Å²) in [5.41, 5.74) is 1.27. The first kappa shape index (κ1) is 15.8. The maximum absolute atomic E-state index is 5.92. The third kappa shape index (κ3) is 5.11. The van der Waals surface area contributed by atoms with Gasteiger partial charge in [0, 0.05) is 30.1 Å². The Bertz CT molecular complexity index is 422. The summed E-state index contributed by atoms with van der Waals surface area (Å²) < 4.78 is 0. The quantitative estimate of drug-likeness (QED) is 0.657. The van der Waals surface area contributed by atoms with E-state index in [1.807, 2.05) is 12.1 Å². The van der Waals surface area contributed by atoms with Crippen LogP contribution in [-0.2, 0) is 5.41 Å². The average molecular weight is 282 g/mol. The van der Waals surface area contributed by atoms with Crippen molar-refractivity contribution in [1.82, 2.24) is 10.6 Å². The van der Waals surface area contributed by atoms with E-state index in [1.54, 1.807) is 7.05 Å². The fourth-order valence-electron chi connectivity index (χ4n) is 1.78. The third-order valence-electron chi connectivity index (χ3n) is 2.97. The Morgan fingerprint density at radius 3 is 2.32 bits per heavy atom. The topological polar surface area (TPSA) is 36.4 Å². The molecule has 0 heterocycles. The molecule has 0 atom stereocenters. The van der Waals surface area contributed by atoms with E-state index in [0.29, 0.717) is 6.04 Å². The standard InChI is InChI=1S/C15H24ClN3/c1-11(2)19-14(17-5)18-10-15(3,4)12-6-8-13(16)9-7-12/h6-9,11H,10H2,1-5H3,(H2,17,18,19). The van der Waals surface area contributed by atoms with Crippen molar-refractivity contribution in [2.45, 2.75) is 39.2 Å². The van der Waals surface area contributed by atoms with E-state index in [1.165, 1.54) is 5.56 Å². The molecule has 0 aliphatic rings. The lowest BCUT2D eigenvalue weighted by atomic mass is 9.85. The highest BCUT2D eigenvalue weighted by molar-refractivity contribution is 6.30. The molecule has 0 saturated heterocycles. The number of hydrogen-bond acceptors (Lipinski definition) is 1. The van der Waals surface area contributed by atoms with Gasteiger partial charge in [0.05, 0.1) is 0 Å². The summed E-state index contributed by atoms with van der Waals surface area (Å²) in [6, 6.07) is 8.37. The molecule has 0 aromatic heterocycles. The fourth-order valence-corrected chi connectivity index (χ4v) is 1.90. The number of benzene rings is 1. The van der Waals surface area contributed by atoms with Crippen LogP contribution in [0.2, 0.25) is 5.02 Å². The van der Waals surface area contributed by atoms with Gasteiger partial charge in [0.2, 0.25) is 0 Å². The van der Waals surface area contributed by atoms with Gasteiger partial charge in [-0.05, 0) is 31.5 Å². The fraction of sp³-hybridized carbons (Fsp3) is 0.533. The van der Waals surface area contributed by atoms with Gasteiger partial charge in [0.25, 0.3) is 0 Å². The van der Waals surface area contributed by atoms with E-state index in [-0.39, 0.29) is 5.41 Å². The van der Waals surface area contributed by atoms with E-state index < -0.39 is 0 Å². The second-order valence-corrected chi connectivity index (χ2v) is 6.05. The summed E-state index contributed by atoms with van der Waals surface area (Å²) in [7, 11) is 1.78. The lowest BCUT2D eigenvalue weighted by molar-refractivity contribution is 0.506. The van der Waals surface area contributed by atoms with Crippen LogP contribution in [0, 0.1) is 0 Å². The number of aliphatic imine (C=N–C) groups is 1. The van der Waals surface area contributed by atoms with Crippen LogP contribution < -0.4 is 10.6 Å². The van der Waals surface area contributed by atoms with E-state index in [9.17, 15) is 0 Å². The van der Waals surface area contributed by atoms with Gasteiger partial charge in [-0.2, -0.15) is 0 Å². The summed E-state index contributed by atoms with van der Waals surface area (Å²) in [6.45, 7) is 9.40. The van der Waals surface area contributed by atoms with E-state index in [0.717, 1.165) is 17.5 Å². The maximum Gasteiger partial charge on any atom is 0.191 e. The number of halogens is 1. The number of nitrogens with one attached hydrogen (secondary N) is 2. The number of nitrogens with zero attached hydrogens (tertiary/aromatic N) is 1. The smallest absolute Gasteiger partial charge is 0.191 e. The van der Waals surface area contributed by atoms with Crippen LogP contribution in [0.5, 0.6) is 0 Å². The monoisotopic (exact) mass is 281 g/mol. The first-order chi connectivity index (χ1) is 8.85.